The molecule has 0 unspecified atom stereocenters. The van der Waals surface area contributed by atoms with Gasteiger partial charge in [-0.2, -0.15) is 13.2 Å². The molecule has 1 heterocycles. The van der Waals surface area contributed by atoms with Crippen LogP contribution in [0.1, 0.15) is 47.8 Å². The lowest BCUT2D eigenvalue weighted by molar-refractivity contribution is -0.138. The summed E-state index contributed by atoms with van der Waals surface area (Å²) in [4.78, 5) is 16.3. The maximum atomic E-state index is 13.4. The number of aryl methyl sites for hydroxylation is 1. The maximum Gasteiger partial charge on any atom is 0.420 e. The van der Waals surface area contributed by atoms with E-state index in [0.717, 1.165) is 18.9 Å². The van der Waals surface area contributed by atoms with Crippen LogP contribution in [0.15, 0.2) is 36.5 Å². The lowest BCUT2D eigenvalue weighted by Crippen LogP contribution is -2.34. The summed E-state index contributed by atoms with van der Waals surface area (Å²) in [5, 5.41) is 4.92. The zero-order valence-electron chi connectivity index (χ0n) is 16.1. The Morgan fingerprint density at radius 2 is 2.00 bits per heavy atom. The summed E-state index contributed by atoms with van der Waals surface area (Å²) in [5.41, 5.74) is 0.0165. The predicted octanol–water partition coefficient (Wildman–Crippen LogP) is 5.10. The van der Waals surface area contributed by atoms with Crippen molar-refractivity contribution < 1.29 is 22.7 Å². The number of ether oxygens (including phenoxy) is 1. The number of aromatic nitrogens is 1. The fourth-order valence-corrected chi connectivity index (χ4v) is 2.76. The lowest BCUT2D eigenvalue weighted by Gasteiger charge is -2.16. The van der Waals surface area contributed by atoms with Crippen molar-refractivity contribution in [1.82, 2.24) is 10.3 Å². The number of halogens is 3. The van der Waals surface area contributed by atoms with E-state index in [-0.39, 0.29) is 23.2 Å². The van der Waals surface area contributed by atoms with Gasteiger partial charge in [-0.05, 0) is 55.9 Å². The van der Waals surface area contributed by atoms with Gasteiger partial charge in [0.05, 0.1) is 17.7 Å². The molecular formula is C20H22F3N3O2S. The van der Waals surface area contributed by atoms with E-state index in [0.29, 0.717) is 17.7 Å². The average molecular weight is 425 g/mol. The minimum atomic E-state index is -4.59. The molecular weight excluding hydrogens is 403 g/mol. The van der Waals surface area contributed by atoms with E-state index in [4.69, 9.17) is 17.0 Å². The van der Waals surface area contributed by atoms with Crippen molar-refractivity contribution in [2.45, 2.75) is 39.3 Å². The molecule has 0 saturated carbocycles. The molecule has 0 aliphatic carbocycles. The summed E-state index contributed by atoms with van der Waals surface area (Å²) in [6, 6.07) is 6.74. The zero-order chi connectivity index (χ0) is 21.4. The smallest absolute Gasteiger partial charge is 0.420 e. The highest BCUT2D eigenvalue weighted by molar-refractivity contribution is 7.80. The SMILES string of the molecule is CCCCCOc1ccc(NC(=S)NC(=O)c2cccnc2C)cc1C(F)(F)F. The van der Waals surface area contributed by atoms with Crippen LogP contribution in [0.25, 0.3) is 0 Å². The van der Waals surface area contributed by atoms with Crippen molar-refractivity contribution in [3.63, 3.8) is 0 Å². The normalized spacial score (nSPS) is 11.1. The lowest BCUT2D eigenvalue weighted by atomic mass is 10.1. The molecule has 1 aromatic carbocycles. The third-order valence-electron chi connectivity index (χ3n) is 4.03. The number of hydrogen-bond acceptors (Lipinski definition) is 4. The topological polar surface area (TPSA) is 63.2 Å². The van der Waals surface area contributed by atoms with Gasteiger partial charge in [0.2, 0.25) is 0 Å². The fraction of sp³-hybridized carbons (Fsp3) is 0.350. The predicted molar refractivity (Wildman–Crippen MR) is 109 cm³/mol. The molecule has 0 fully saturated rings. The second-order valence-corrected chi connectivity index (χ2v) is 6.72. The number of alkyl halides is 3. The van der Waals surface area contributed by atoms with Crippen molar-refractivity contribution in [3.8, 4) is 5.75 Å². The third kappa shape index (κ3) is 6.70. The van der Waals surface area contributed by atoms with Crippen LogP contribution < -0.4 is 15.4 Å². The molecule has 2 aromatic rings. The molecule has 2 rings (SSSR count). The van der Waals surface area contributed by atoms with Crippen LogP contribution in [0.2, 0.25) is 0 Å². The minimum absolute atomic E-state index is 0.0893. The number of carbonyl (C=O) groups is 1. The molecule has 0 aliphatic rings. The molecule has 5 nitrogen and oxygen atoms in total. The highest BCUT2D eigenvalue weighted by atomic mass is 32.1. The van der Waals surface area contributed by atoms with Gasteiger partial charge in [-0.3, -0.25) is 15.1 Å². The number of amides is 1. The number of nitrogens with one attached hydrogen (secondary N) is 2. The number of pyridine rings is 1. The van der Waals surface area contributed by atoms with E-state index in [1.54, 1.807) is 25.3 Å². The van der Waals surface area contributed by atoms with Crippen LogP contribution in [0.5, 0.6) is 5.75 Å². The molecule has 1 amide bonds. The maximum absolute atomic E-state index is 13.4. The number of rotatable bonds is 7. The van der Waals surface area contributed by atoms with E-state index in [1.165, 1.54) is 12.1 Å². The van der Waals surface area contributed by atoms with Crippen LogP contribution in [-0.4, -0.2) is 22.6 Å². The van der Waals surface area contributed by atoms with E-state index >= 15 is 0 Å². The third-order valence-corrected chi connectivity index (χ3v) is 4.23. The molecule has 0 radical (unpaired) electrons. The number of nitrogens with zero attached hydrogens (tertiary/aromatic N) is 1. The fourth-order valence-electron chi connectivity index (χ4n) is 2.55. The van der Waals surface area contributed by atoms with Gasteiger partial charge in [0, 0.05) is 17.6 Å². The van der Waals surface area contributed by atoms with Crippen LogP contribution in [0.3, 0.4) is 0 Å². The Kier molecular flexibility index (Phi) is 7.95. The van der Waals surface area contributed by atoms with Crippen LogP contribution in [-0.2, 0) is 6.18 Å². The minimum Gasteiger partial charge on any atom is -0.493 e. The highest BCUT2D eigenvalue weighted by Gasteiger charge is 2.34. The number of hydrogen-bond donors (Lipinski definition) is 2. The molecule has 0 spiro atoms. The van der Waals surface area contributed by atoms with E-state index in [2.05, 4.69) is 15.6 Å². The van der Waals surface area contributed by atoms with Gasteiger partial charge in [0.1, 0.15) is 5.75 Å². The van der Waals surface area contributed by atoms with Gasteiger partial charge in [-0.15, -0.1) is 0 Å². The van der Waals surface area contributed by atoms with Crippen molar-refractivity contribution in [2.24, 2.45) is 0 Å². The van der Waals surface area contributed by atoms with Gasteiger partial charge in [0.15, 0.2) is 5.11 Å². The molecule has 0 saturated heterocycles. The van der Waals surface area contributed by atoms with Gasteiger partial charge >= 0.3 is 6.18 Å². The first kappa shape index (κ1) is 22.6. The number of anilines is 1. The Balaban J connectivity index is 2.09. The Morgan fingerprint density at radius 1 is 1.24 bits per heavy atom. The number of thiocarbonyl (C=S) groups is 1. The van der Waals surface area contributed by atoms with Crippen LogP contribution in [0, 0.1) is 6.92 Å². The first-order chi connectivity index (χ1) is 13.7. The summed E-state index contributed by atoms with van der Waals surface area (Å²) in [5.74, 6) is -0.736. The highest BCUT2D eigenvalue weighted by Crippen LogP contribution is 2.38. The second kappa shape index (κ2) is 10.2. The quantitative estimate of drug-likeness (QED) is 0.477. The first-order valence-electron chi connectivity index (χ1n) is 9.10. The largest absolute Gasteiger partial charge is 0.493 e. The Morgan fingerprint density at radius 3 is 2.66 bits per heavy atom. The van der Waals surface area contributed by atoms with Crippen LogP contribution >= 0.6 is 12.2 Å². The number of benzene rings is 1. The molecule has 0 bridgehead atoms. The van der Waals surface area contributed by atoms with E-state index in [9.17, 15) is 18.0 Å². The van der Waals surface area contributed by atoms with Gasteiger partial charge < -0.3 is 10.1 Å². The summed E-state index contributed by atoms with van der Waals surface area (Å²) in [6.07, 6.45) is -0.536. The number of unbranched alkanes of at least 4 members (excludes halogenated alkanes) is 2. The summed E-state index contributed by atoms with van der Waals surface area (Å²) in [7, 11) is 0. The Bertz CT molecular complexity index is 872. The van der Waals surface area contributed by atoms with Gasteiger partial charge in [-0.25, -0.2) is 0 Å². The Hall–Kier alpha value is -2.68. The van der Waals surface area contributed by atoms with Crippen LogP contribution in [0.4, 0.5) is 18.9 Å². The second-order valence-electron chi connectivity index (χ2n) is 6.31. The average Bonchev–Trinajstić information content (AvgIpc) is 2.65. The van der Waals surface area contributed by atoms with Gasteiger partial charge in [-0.1, -0.05) is 19.8 Å². The van der Waals surface area contributed by atoms with E-state index in [1.807, 2.05) is 6.92 Å². The molecule has 9 heteroatoms. The van der Waals surface area contributed by atoms with Crippen molar-refractivity contribution in [1.29, 1.82) is 0 Å². The summed E-state index contributed by atoms with van der Waals surface area (Å²) in [6.45, 7) is 3.88. The number of carbonyl (C=O) groups excluding carboxylic acids is 1. The first-order valence-corrected chi connectivity index (χ1v) is 9.51. The molecule has 0 aliphatic heterocycles. The van der Waals surface area contributed by atoms with Gasteiger partial charge in [0.25, 0.3) is 5.91 Å². The molecule has 0 atom stereocenters. The van der Waals surface area contributed by atoms with Crippen molar-refractivity contribution >= 4 is 28.9 Å². The molecule has 156 valence electrons. The summed E-state index contributed by atoms with van der Waals surface area (Å²) >= 11 is 5.05. The van der Waals surface area contributed by atoms with E-state index < -0.39 is 17.6 Å². The van der Waals surface area contributed by atoms with Crippen molar-refractivity contribution in [2.75, 3.05) is 11.9 Å². The standard InChI is InChI=1S/C20H22F3N3O2S/c1-3-4-5-11-28-17-9-8-14(12-16(17)20(21,22)23)25-19(29)26-18(27)15-7-6-10-24-13(15)2/h6-10,12H,3-5,11H2,1-2H3,(H2,25,26,27,29). The Labute approximate surface area is 172 Å². The monoisotopic (exact) mass is 425 g/mol. The molecule has 2 N–H and O–H groups in total. The summed E-state index contributed by atoms with van der Waals surface area (Å²) < 4.78 is 45.5. The molecule has 1 aromatic heterocycles. The zero-order valence-corrected chi connectivity index (χ0v) is 16.9. The molecule has 29 heavy (non-hydrogen) atoms. The van der Waals surface area contributed by atoms with Crippen molar-refractivity contribution in [3.05, 3.63) is 53.3 Å².